The maximum absolute atomic E-state index is 10.3. The van der Waals surface area contributed by atoms with Crippen LogP contribution >= 0.6 is 0 Å². The van der Waals surface area contributed by atoms with Crippen molar-refractivity contribution < 1.29 is 4.79 Å². The van der Waals surface area contributed by atoms with Gasteiger partial charge in [-0.3, -0.25) is 4.79 Å². The third kappa shape index (κ3) is 4.09. The maximum Gasteiger partial charge on any atom is 0.238 e. The second-order valence-electron chi connectivity index (χ2n) is 2.14. The average molecular weight is 142 g/mol. The van der Waals surface area contributed by atoms with E-state index in [-0.39, 0.29) is 0 Å². The molecule has 0 aliphatic heterocycles. The summed E-state index contributed by atoms with van der Waals surface area (Å²) in [5, 5.41) is 0. The molecule has 0 bridgehead atoms. The van der Waals surface area contributed by atoms with Crippen LogP contribution in [0.15, 0.2) is 12.2 Å². The number of amides is 1. The first-order valence-electron chi connectivity index (χ1n) is 3.40. The molecule has 0 heterocycles. The summed E-state index contributed by atoms with van der Waals surface area (Å²) in [6, 6.07) is -0.619. The van der Waals surface area contributed by atoms with E-state index < -0.39 is 11.9 Å². The number of allylic oxidation sites excluding steroid dienone is 1. The highest BCUT2D eigenvalue weighted by atomic mass is 16.1. The Kier molecular flexibility index (Phi) is 4.58. The van der Waals surface area contributed by atoms with Gasteiger partial charge in [0.05, 0.1) is 0 Å². The van der Waals surface area contributed by atoms with Gasteiger partial charge in [0.25, 0.3) is 0 Å². The minimum Gasteiger partial charge on any atom is -0.368 e. The molecule has 0 rings (SSSR count). The third-order valence-corrected chi connectivity index (χ3v) is 1.13. The van der Waals surface area contributed by atoms with Crippen molar-refractivity contribution in [2.24, 2.45) is 11.5 Å². The molecule has 0 fully saturated rings. The molecule has 0 aromatic heterocycles. The summed E-state index contributed by atoms with van der Waals surface area (Å²) < 4.78 is 0. The molecule has 3 heteroatoms. The Labute approximate surface area is 61.1 Å². The van der Waals surface area contributed by atoms with Gasteiger partial charge in [0.1, 0.15) is 6.04 Å². The highest BCUT2D eigenvalue weighted by Gasteiger charge is 2.01. The van der Waals surface area contributed by atoms with Gasteiger partial charge < -0.3 is 11.5 Å². The molecule has 0 radical (unpaired) electrons. The second-order valence-corrected chi connectivity index (χ2v) is 2.14. The normalized spacial score (nSPS) is 13.8. The summed E-state index contributed by atoms with van der Waals surface area (Å²) in [6.07, 6.45) is 5.50. The zero-order chi connectivity index (χ0) is 7.98. The summed E-state index contributed by atoms with van der Waals surface area (Å²) in [5.74, 6) is -0.479. The fourth-order valence-corrected chi connectivity index (χ4v) is 0.504. The fourth-order valence-electron chi connectivity index (χ4n) is 0.504. The molecule has 0 aliphatic carbocycles. The zero-order valence-electron chi connectivity index (χ0n) is 6.21. The molecular formula is C7H14N2O. The molecule has 0 saturated carbocycles. The van der Waals surface area contributed by atoms with E-state index in [0.717, 1.165) is 12.8 Å². The van der Waals surface area contributed by atoms with Gasteiger partial charge in [-0.15, -0.1) is 0 Å². The lowest BCUT2D eigenvalue weighted by Crippen LogP contribution is -2.34. The van der Waals surface area contributed by atoms with Crippen LogP contribution in [0.4, 0.5) is 0 Å². The van der Waals surface area contributed by atoms with E-state index in [2.05, 4.69) is 6.92 Å². The first kappa shape index (κ1) is 9.17. The van der Waals surface area contributed by atoms with Crippen molar-refractivity contribution >= 4 is 5.91 Å². The number of carbonyl (C=O) groups excluding carboxylic acids is 1. The summed E-state index contributed by atoms with van der Waals surface area (Å²) in [7, 11) is 0. The number of primary amides is 1. The lowest BCUT2D eigenvalue weighted by atomic mass is 10.2. The summed E-state index contributed by atoms with van der Waals surface area (Å²) in [4.78, 5) is 10.3. The van der Waals surface area contributed by atoms with E-state index in [1.54, 1.807) is 6.08 Å². The topological polar surface area (TPSA) is 69.1 Å². The van der Waals surface area contributed by atoms with Gasteiger partial charge in [0.2, 0.25) is 5.91 Å². The van der Waals surface area contributed by atoms with E-state index in [9.17, 15) is 4.79 Å². The molecule has 58 valence electrons. The van der Waals surface area contributed by atoms with Crippen LogP contribution in [0.25, 0.3) is 0 Å². The van der Waals surface area contributed by atoms with Crippen molar-refractivity contribution in [3.05, 3.63) is 12.2 Å². The van der Waals surface area contributed by atoms with Gasteiger partial charge in [-0.05, 0) is 6.42 Å². The monoisotopic (exact) mass is 142 g/mol. The molecule has 10 heavy (non-hydrogen) atoms. The highest BCUT2D eigenvalue weighted by Crippen LogP contribution is 1.89. The van der Waals surface area contributed by atoms with Gasteiger partial charge in [-0.25, -0.2) is 0 Å². The van der Waals surface area contributed by atoms with E-state index in [0.29, 0.717) is 0 Å². The first-order valence-corrected chi connectivity index (χ1v) is 3.40. The zero-order valence-corrected chi connectivity index (χ0v) is 6.21. The van der Waals surface area contributed by atoms with Gasteiger partial charge in [-0.2, -0.15) is 0 Å². The predicted octanol–water partition coefficient (Wildman–Crippen LogP) is 0.155. The van der Waals surface area contributed by atoms with E-state index >= 15 is 0 Å². The van der Waals surface area contributed by atoms with Crippen molar-refractivity contribution in [1.82, 2.24) is 0 Å². The highest BCUT2D eigenvalue weighted by molar-refractivity contribution is 5.81. The van der Waals surface area contributed by atoms with Crippen LogP contribution in [0.3, 0.4) is 0 Å². The molecule has 3 nitrogen and oxygen atoms in total. The van der Waals surface area contributed by atoms with E-state index in [1.807, 2.05) is 6.08 Å². The molecule has 0 aromatic carbocycles. The van der Waals surface area contributed by atoms with Gasteiger partial charge in [0, 0.05) is 0 Å². The van der Waals surface area contributed by atoms with Crippen LogP contribution in [-0.4, -0.2) is 11.9 Å². The second kappa shape index (κ2) is 4.99. The Morgan fingerprint density at radius 3 is 2.70 bits per heavy atom. The van der Waals surface area contributed by atoms with Gasteiger partial charge >= 0.3 is 0 Å². The van der Waals surface area contributed by atoms with Crippen molar-refractivity contribution in [3.63, 3.8) is 0 Å². The number of unbranched alkanes of at least 4 members (excludes halogenated alkanes) is 1. The van der Waals surface area contributed by atoms with Crippen molar-refractivity contribution in [2.75, 3.05) is 0 Å². The summed E-state index contributed by atoms with van der Waals surface area (Å²) in [5.41, 5.74) is 10.2. The van der Waals surface area contributed by atoms with E-state index in [4.69, 9.17) is 11.5 Å². The van der Waals surface area contributed by atoms with Crippen LogP contribution in [0.5, 0.6) is 0 Å². The molecule has 0 saturated heterocycles. The van der Waals surface area contributed by atoms with Crippen LogP contribution in [-0.2, 0) is 4.79 Å². The van der Waals surface area contributed by atoms with Crippen LogP contribution in [0, 0.1) is 0 Å². The molecule has 4 N–H and O–H groups in total. The minimum atomic E-state index is -0.619. The lowest BCUT2D eigenvalue weighted by molar-refractivity contribution is -0.118. The Hall–Kier alpha value is -0.830. The van der Waals surface area contributed by atoms with Crippen LogP contribution < -0.4 is 11.5 Å². The van der Waals surface area contributed by atoms with Crippen molar-refractivity contribution in [2.45, 2.75) is 25.8 Å². The largest absolute Gasteiger partial charge is 0.368 e. The standard InChI is InChI=1S/C7H14N2O/c1-2-3-4-5-6(8)7(9)10/h4-6H,2-3,8H2,1H3,(H2,9,10)/b5-4+/t6-/m1/s1. The minimum absolute atomic E-state index is 0.479. The summed E-state index contributed by atoms with van der Waals surface area (Å²) >= 11 is 0. The van der Waals surface area contributed by atoms with Crippen molar-refractivity contribution in [1.29, 1.82) is 0 Å². The molecule has 0 aliphatic rings. The Balaban J connectivity index is 3.55. The molecule has 0 spiro atoms. The average Bonchev–Trinajstić information content (AvgIpc) is 1.88. The number of rotatable bonds is 4. The number of hydrogen-bond acceptors (Lipinski definition) is 2. The number of nitrogens with two attached hydrogens (primary N) is 2. The van der Waals surface area contributed by atoms with Crippen LogP contribution in [0.1, 0.15) is 19.8 Å². The molecule has 0 unspecified atom stereocenters. The Morgan fingerprint density at radius 2 is 2.30 bits per heavy atom. The van der Waals surface area contributed by atoms with Gasteiger partial charge in [-0.1, -0.05) is 25.5 Å². The maximum atomic E-state index is 10.3. The fraction of sp³-hybridized carbons (Fsp3) is 0.571. The predicted molar refractivity (Wildman–Crippen MR) is 41.2 cm³/mol. The van der Waals surface area contributed by atoms with Crippen LogP contribution in [0.2, 0.25) is 0 Å². The van der Waals surface area contributed by atoms with E-state index in [1.165, 1.54) is 0 Å². The molecule has 1 amide bonds. The third-order valence-electron chi connectivity index (χ3n) is 1.13. The van der Waals surface area contributed by atoms with Gasteiger partial charge in [0.15, 0.2) is 0 Å². The Morgan fingerprint density at radius 1 is 1.70 bits per heavy atom. The quantitative estimate of drug-likeness (QED) is 0.549. The number of hydrogen-bond donors (Lipinski definition) is 2. The molecule has 1 atom stereocenters. The smallest absolute Gasteiger partial charge is 0.238 e. The first-order chi connectivity index (χ1) is 4.68. The molecular weight excluding hydrogens is 128 g/mol. The summed E-state index contributed by atoms with van der Waals surface area (Å²) in [6.45, 7) is 2.06. The SMILES string of the molecule is CCC/C=C/[C@@H](N)C(N)=O. The molecule has 0 aromatic rings. The van der Waals surface area contributed by atoms with Crippen molar-refractivity contribution in [3.8, 4) is 0 Å². The lowest BCUT2D eigenvalue weighted by Gasteiger charge is -1.97. The Bertz CT molecular complexity index is 132. The number of carbonyl (C=O) groups is 1.